The quantitative estimate of drug-likeness (QED) is 0.578. The van der Waals surface area contributed by atoms with Crippen LogP contribution in [-0.2, 0) is 14.4 Å². The molecule has 5 heteroatoms. The summed E-state index contributed by atoms with van der Waals surface area (Å²) in [4.78, 5) is 30.9. The van der Waals surface area contributed by atoms with Gasteiger partial charge in [0.05, 0.1) is 5.92 Å². The zero-order valence-electron chi connectivity index (χ0n) is 6.61. The highest BCUT2D eigenvalue weighted by atomic mass is 16.4. The van der Waals surface area contributed by atoms with Gasteiger partial charge in [-0.05, 0) is 6.42 Å². The zero-order chi connectivity index (χ0) is 9.72. The van der Waals surface area contributed by atoms with Crippen LogP contribution in [-0.4, -0.2) is 27.9 Å². The van der Waals surface area contributed by atoms with Gasteiger partial charge in [0.25, 0.3) is 0 Å². The van der Waals surface area contributed by atoms with Gasteiger partial charge in [0.1, 0.15) is 0 Å². The van der Waals surface area contributed by atoms with Gasteiger partial charge in [0, 0.05) is 6.42 Å². The Morgan fingerprint density at radius 3 is 2.00 bits per heavy atom. The molecule has 0 fully saturated rings. The maximum atomic E-state index is 10.6. The standard InChI is InChI=1S/C7H10O5/c1-2-4(6(9)10)3-5(8)7(11)12/h4H,2-3H2,1H3,(H,9,10)(H,11,12). The summed E-state index contributed by atoms with van der Waals surface area (Å²) in [6.45, 7) is 1.59. The molecule has 5 nitrogen and oxygen atoms in total. The van der Waals surface area contributed by atoms with Crippen molar-refractivity contribution in [3.05, 3.63) is 0 Å². The van der Waals surface area contributed by atoms with E-state index in [-0.39, 0.29) is 6.42 Å². The van der Waals surface area contributed by atoms with Gasteiger partial charge >= 0.3 is 11.9 Å². The predicted octanol–water partition coefficient (Wildman–Crippen LogP) is 0.141. The van der Waals surface area contributed by atoms with Crippen molar-refractivity contribution in [3.8, 4) is 0 Å². The van der Waals surface area contributed by atoms with Crippen LogP contribution < -0.4 is 0 Å². The molecule has 12 heavy (non-hydrogen) atoms. The van der Waals surface area contributed by atoms with E-state index in [0.717, 1.165) is 0 Å². The number of carbonyl (C=O) groups excluding carboxylic acids is 1. The van der Waals surface area contributed by atoms with E-state index in [9.17, 15) is 14.4 Å². The van der Waals surface area contributed by atoms with Crippen molar-refractivity contribution in [1.82, 2.24) is 0 Å². The molecule has 0 aromatic carbocycles. The Hall–Kier alpha value is -1.39. The highest BCUT2D eigenvalue weighted by Gasteiger charge is 2.22. The van der Waals surface area contributed by atoms with Crippen LogP contribution in [0.4, 0.5) is 0 Å². The molecule has 0 amide bonds. The highest BCUT2D eigenvalue weighted by Crippen LogP contribution is 2.08. The fourth-order valence-corrected chi connectivity index (χ4v) is 0.717. The average molecular weight is 174 g/mol. The molecule has 68 valence electrons. The van der Waals surface area contributed by atoms with E-state index in [2.05, 4.69) is 0 Å². The minimum Gasteiger partial charge on any atom is -0.481 e. The van der Waals surface area contributed by atoms with Gasteiger partial charge in [-0.25, -0.2) is 4.79 Å². The molecule has 2 N–H and O–H groups in total. The monoisotopic (exact) mass is 174 g/mol. The Balaban J connectivity index is 4.12. The van der Waals surface area contributed by atoms with Crippen molar-refractivity contribution in [3.63, 3.8) is 0 Å². The smallest absolute Gasteiger partial charge is 0.372 e. The summed E-state index contributed by atoms with van der Waals surface area (Å²) in [6.07, 6.45) is -0.171. The summed E-state index contributed by atoms with van der Waals surface area (Å²) in [5.41, 5.74) is 0. The first kappa shape index (κ1) is 10.6. The normalized spacial score (nSPS) is 12.1. The summed E-state index contributed by atoms with van der Waals surface area (Å²) in [6, 6.07) is 0. The number of aliphatic carboxylic acids is 2. The van der Waals surface area contributed by atoms with Crippen LogP contribution in [0.25, 0.3) is 0 Å². The number of rotatable bonds is 5. The lowest BCUT2D eigenvalue weighted by Crippen LogP contribution is -2.21. The number of ketones is 1. The second kappa shape index (κ2) is 4.48. The maximum Gasteiger partial charge on any atom is 0.372 e. The summed E-state index contributed by atoms with van der Waals surface area (Å²) in [5.74, 6) is -4.64. The predicted molar refractivity (Wildman–Crippen MR) is 38.7 cm³/mol. The molecule has 0 saturated heterocycles. The van der Waals surface area contributed by atoms with Crippen molar-refractivity contribution in [2.24, 2.45) is 5.92 Å². The summed E-state index contributed by atoms with van der Waals surface area (Å²) in [7, 11) is 0. The Bertz CT molecular complexity index is 208. The molecule has 0 rings (SSSR count). The first-order chi connectivity index (χ1) is 5.49. The van der Waals surface area contributed by atoms with Crippen molar-refractivity contribution >= 4 is 17.7 Å². The largest absolute Gasteiger partial charge is 0.481 e. The molecule has 0 aromatic rings. The molecule has 0 aliphatic rings. The number of hydrogen-bond donors (Lipinski definition) is 2. The lowest BCUT2D eigenvalue weighted by molar-refractivity contribution is -0.151. The number of carboxylic acids is 2. The molecule has 1 atom stereocenters. The van der Waals surface area contributed by atoms with E-state index in [1.807, 2.05) is 0 Å². The van der Waals surface area contributed by atoms with E-state index >= 15 is 0 Å². The van der Waals surface area contributed by atoms with Crippen LogP contribution in [0.5, 0.6) is 0 Å². The average Bonchev–Trinajstić information content (AvgIpc) is 1.98. The minimum atomic E-state index is -1.57. The van der Waals surface area contributed by atoms with Crippen LogP contribution in [0.1, 0.15) is 19.8 Å². The van der Waals surface area contributed by atoms with E-state index in [4.69, 9.17) is 10.2 Å². The third-order valence-electron chi connectivity index (χ3n) is 1.51. The summed E-state index contributed by atoms with van der Waals surface area (Å²) >= 11 is 0. The van der Waals surface area contributed by atoms with Gasteiger partial charge in [-0.3, -0.25) is 9.59 Å². The van der Waals surface area contributed by atoms with E-state index in [1.54, 1.807) is 6.92 Å². The zero-order valence-corrected chi connectivity index (χ0v) is 6.61. The molecule has 0 bridgehead atoms. The van der Waals surface area contributed by atoms with E-state index in [1.165, 1.54) is 0 Å². The second-order valence-electron chi connectivity index (χ2n) is 2.38. The third kappa shape index (κ3) is 3.14. The number of carboxylic acid groups (broad SMARTS) is 2. The topological polar surface area (TPSA) is 91.7 Å². The molecule has 0 radical (unpaired) electrons. The molecule has 0 spiro atoms. The number of Topliss-reactive ketones (excluding diaryl/α,β-unsaturated/α-hetero) is 1. The molecule has 0 saturated carbocycles. The molecule has 1 unspecified atom stereocenters. The van der Waals surface area contributed by atoms with Gasteiger partial charge in [-0.15, -0.1) is 0 Å². The van der Waals surface area contributed by atoms with Gasteiger partial charge in [0.2, 0.25) is 5.78 Å². The Morgan fingerprint density at radius 2 is 1.75 bits per heavy atom. The fraction of sp³-hybridized carbons (Fsp3) is 0.571. The molecule has 0 aromatic heterocycles. The second-order valence-corrected chi connectivity index (χ2v) is 2.38. The number of hydrogen-bond acceptors (Lipinski definition) is 3. The maximum absolute atomic E-state index is 10.6. The lowest BCUT2D eigenvalue weighted by Gasteiger charge is -2.05. The van der Waals surface area contributed by atoms with Crippen LogP contribution in [0.3, 0.4) is 0 Å². The summed E-state index contributed by atoms with van der Waals surface area (Å²) < 4.78 is 0. The van der Waals surface area contributed by atoms with Crippen LogP contribution in [0, 0.1) is 5.92 Å². The minimum absolute atomic E-state index is 0.258. The van der Waals surface area contributed by atoms with E-state index in [0.29, 0.717) is 0 Å². The van der Waals surface area contributed by atoms with Crippen molar-refractivity contribution in [2.45, 2.75) is 19.8 Å². The van der Waals surface area contributed by atoms with Gasteiger partial charge in [0.15, 0.2) is 0 Å². The van der Waals surface area contributed by atoms with Gasteiger partial charge < -0.3 is 10.2 Å². The Morgan fingerprint density at radius 1 is 1.25 bits per heavy atom. The van der Waals surface area contributed by atoms with Crippen LogP contribution in [0.2, 0.25) is 0 Å². The molecule has 0 heterocycles. The lowest BCUT2D eigenvalue weighted by atomic mass is 10.0. The Labute approximate surface area is 69.0 Å². The molecular weight excluding hydrogens is 164 g/mol. The van der Waals surface area contributed by atoms with Crippen molar-refractivity contribution in [1.29, 1.82) is 0 Å². The first-order valence-electron chi connectivity index (χ1n) is 3.48. The fourth-order valence-electron chi connectivity index (χ4n) is 0.717. The van der Waals surface area contributed by atoms with Crippen molar-refractivity contribution < 1.29 is 24.6 Å². The van der Waals surface area contributed by atoms with Gasteiger partial charge in [-0.1, -0.05) is 6.92 Å². The first-order valence-corrected chi connectivity index (χ1v) is 3.48. The highest BCUT2D eigenvalue weighted by molar-refractivity contribution is 6.33. The molecular formula is C7H10O5. The van der Waals surface area contributed by atoms with Crippen molar-refractivity contribution in [2.75, 3.05) is 0 Å². The molecule has 0 aliphatic carbocycles. The van der Waals surface area contributed by atoms with Crippen LogP contribution >= 0.6 is 0 Å². The van der Waals surface area contributed by atoms with Gasteiger partial charge in [-0.2, -0.15) is 0 Å². The SMILES string of the molecule is CCC(CC(=O)C(=O)O)C(=O)O. The molecule has 0 aliphatic heterocycles. The third-order valence-corrected chi connectivity index (χ3v) is 1.51. The number of carbonyl (C=O) groups is 3. The van der Waals surface area contributed by atoms with E-state index < -0.39 is 30.1 Å². The van der Waals surface area contributed by atoms with Crippen LogP contribution in [0.15, 0.2) is 0 Å². The summed E-state index contributed by atoms with van der Waals surface area (Å²) in [5, 5.41) is 16.6. The Kier molecular flexibility index (Phi) is 3.96.